The minimum absolute atomic E-state index is 0.0225. The molecule has 33 heavy (non-hydrogen) atoms. The molecule has 0 unspecified atom stereocenters. The molecule has 0 heterocycles. The summed E-state index contributed by atoms with van der Waals surface area (Å²) in [5.41, 5.74) is 3.95. The predicted octanol–water partition coefficient (Wildman–Crippen LogP) is 4.90. The van der Waals surface area contributed by atoms with E-state index in [0.29, 0.717) is 18.0 Å². The van der Waals surface area contributed by atoms with Crippen LogP contribution in [0.1, 0.15) is 38.2 Å². The first-order valence-corrected chi connectivity index (χ1v) is 11.0. The number of benzene rings is 3. The van der Waals surface area contributed by atoms with Crippen LogP contribution in [0.15, 0.2) is 65.8 Å². The van der Waals surface area contributed by atoms with Gasteiger partial charge >= 0.3 is 0 Å². The molecule has 3 aromatic rings. The topological polar surface area (TPSA) is 89.0 Å². The second-order valence-electron chi connectivity index (χ2n) is 7.47. The van der Waals surface area contributed by atoms with Crippen LogP contribution in [-0.4, -0.2) is 31.7 Å². The molecular formula is C26H29N3O4. The van der Waals surface area contributed by atoms with Gasteiger partial charge in [-0.3, -0.25) is 9.59 Å². The van der Waals surface area contributed by atoms with E-state index in [4.69, 9.17) is 9.47 Å². The maximum absolute atomic E-state index is 12.2. The van der Waals surface area contributed by atoms with Crippen LogP contribution >= 0.6 is 0 Å². The molecule has 3 rings (SSSR count). The van der Waals surface area contributed by atoms with Gasteiger partial charge in [0, 0.05) is 24.1 Å². The number of nitrogens with zero attached hydrogens (tertiary/aromatic N) is 1. The Morgan fingerprint density at radius 3 is 2.48 bits per heavy atom. The van der Waals surface area contributed by atoms with Crippen molar-refractivity contribution in [1.29, 1.82) is 0 Å². The fourth-order valence-electron chi connectivity index (χ4n) is 3.21. The minimum atomic E-state index is -0.343. The van der Waals surface area contributed by atoms with E-state index in [-0.39, 0.29) is 24.7 Å². The second kappa shape index (κ2) is 12.2. The Morgan fingerprint density at radius 2 is 1.73 bits per heavy atom. The summed E-state index contributed by atoms with van der Waals surface area (Å²) in [6, 6.07) is 18.9. The Kier molecular flexibility index (Phi) is 8.82. The molecule has 0 saturated carbocycles. The lowest BCUT2D eigenvalue weighted by molar-refractivity contribution is -0.124. The van der Waals surface area contributed by atoms with Gasteiger partial charge in [0.25, 0.3) is 0 Å². The summed E-state index contributed by atoms with van der Waals surface area (Å²) in [7, 11) is 1.58. The number of unbranched alkanes of at least 4 members (excludes halogenated alkanes) is 1. The van der Waals surface area contributed by atoms with Crippen molar-refractivity contribution in [3.8, 4) is 11.5 Å². The number of rotatable bonds is 11. The molecule has 0 aromatic heterocycles. The number of amides is 2. The van der Waals surface area contributed by atoms with Crippen LogP contribution in [-0.2, 0) is 9.59 Å². The molecule has 7 heteroatoms. The SMILES string of the molecule is CCCCOc1ccc2ccccc2c1C=NNC(=O)CCC(=O)Nc1ccc(OC)cc1. The highest BCUT2D eigenvalue weighted by molar-refractivity contribution is 6.02. The molecule has 0 radical (unpaired) electrons. The van der Waals surface area contributed by atoms with E-state index in [1.54, 1.807) is 37.6 Å². The van der Waals surface area contributed by atoms with Gasteiger partial charge in [0.1, 0.15) is 11.5 Å². The lowest BCUT2D eigenvalue weighted by atomic mass is 10.0. The third-order valence-electron chi connectivity index (χ3n) is 5.02. The second-order valence-corrected chi connectivity index (χ2v) is 7.47. The molecule has 0 atom stereocenters. The van der Waals surface area contributed by atoms with Crippen LogP contribution in [0, 0.1) is 0 Å². The standard InChI is InChI=1S/C26H29N3O4/c1-3-4-17-33-24-14-9-19-7-5-6-8-22(19)23(24)18-27-29-26(31)16-15-25(30)28-20-10-12-21(32-2)13-11-20/h5-14,18H,3-4,15-17H2,1-2H3,(H,28,30)(H,29,31). The van der Waals surface area contributed by atoms with Crippen LogP contribution in [0.5, 0.6) is 11.5 Å². The van der Waals surface area contributed by atoms with E-state index in [1.165, 1.54) is 0 Å². The number of fused-ring (bicyclic) bond motifs is 1. The number of anilines is 1. The van der Waals surface area contributed by atoms with Crippen molar-refractivity contribution in [3.05, 3.63) is 66.2 Å². The molecule has 3 aromatic carbocycles. The number of carbonyl (C=O) groups is 2. The summed E-state index contributed by atoms with van der Waals surface area (Å²) in [4.78, 5) is 24.3. The number of ether oxygens (including phenoxy) is 2. The van der Waals surface area contributed by atoms with Gasteiger partial charge in [-0.15, -0.1) is 0 Å². The van der Waals surface area contributed by atoms with E-state index in [9.17, 15) is 9.59 Å². The highest BCUT2D eigenvalue weighted by atomic mass is 16.5. The molecule has 0 bridgehead atoms. The van der Waals surface area contributed by atoms with E-state index in [0.717, 1.165) is 34.9 Å². The third-order valence-corrected chi connectivity index (χ3v) is 5.02. The minimum Gasteiger partial charge on any atom is -0.497 e. The zero-order valence-electron chi connectivity index (χ0n) is 19.0. The Bertz CT molecular complexity index is 1110. The average molecular weight is 448 g/mol. The first-order valence-electron chi connectivity index (χ1n) is 11.0. The average Bonchev–Trinajstić information content (AvgIpc) is 2.84. The maximum atomic E-state index is 12.2. The largest absolute Gasteiger partial charge is 0.497 e. The Labute approximate surface area is 193 Å². The van der Waals surface area contributed by atoms with Crippen molar-refractivity contribution in [2.45, 2.75) is 32.6 Å². The summed E-state index contributed by atoms with van der Waals surface area (Å²) in [5, 5.41) is 8.91. The number of carbonyl (C=O) groups excluding carboxylic acids is 2. The fraction of sp³-hybridized carbons (Fsp3) is 0.269. The van der Waals surface area contributed by atoms with Gasteiger partial charge in [0.15, 0.2) is 0 Å². The van der Waals surface area contributed by atoms with Gasteiger partial charge in [0.05, 0.1) is 19.9 Å². The quantitative estimate of drug-likeness (QED) is 0.249. The van der Waals surface area contributed by atoms with Gasteiger partial charge in [-0.2, -0.15) is 5.10 Å². The van der Waals surface area contributed by atoms with Gasteiger partial charge in [-0.1, -0.05) is 43.7 Å². The zero-order chi connectivity index (χ0) is 23.5. The molecule has 0 aliphatic heterocycles. The number of hydrogen-bond acceptors (Lipinski definition) is 5. The number of hydrogen-bond donors (Lipinski definition) is 2. The molecule has 0 saturated heterocycles. The maximum Gasteiger partial charge on any atom is 0.240 e. The Hall–Kier alpha value is -3.87. The summed E-state index contributed by atoms with van der Waals surface area (Å²) < 4.78 is 11.0. The van der Waals surface area contributed by atoms with Gasteiger partial charge in [0.2, 0.25) is 11.8 Å². The smallest absolute Gasteiger partial charge is 0.240 e. The Balaban J connectivity index is 1.56. The van der Waals surface area contributed by atoms with E-state index < -0.39 is 0 Å². The lowest BCUT2D eigenvalue weighted by Gasteiger charge is -2.11. The van der Waals surface area contributed by atoms with Crippen molar-refractivity contribution >= 4 is 34.5 Å². The zero-order valence-corrected chi connectivity index (χ0v) is 19.0. The third kappa shape index (κ3) is 7.07. The Morgan fingerprint density at radius 1 is 0.970 bits per heavy atom. The van der Waals surface area contributed by atoms with Gasteiger partial charge in [-0.25, -0.2) is 5.43 Å². The summed E-state index contributed by atoms with van der Waals surface area (Å²) in [6.07, 6.45) is 3.67. The van der Waals surface area contributed by atoms with Gasteiger partial charge in [-0.05, 0) is 47.5 Å². The summed E-state index contributed by atoms with van der Waals surface area (Å²) in [6.45, 7) is 2.73. The van der Waals surface area contributed by atoms with Crippen LogP contribution in [0.2, 0.25) is 0 Å². The first kappa shape index (κ1) is 23.8. The van der Waals surface area contributed by atoms with Crippen LogP contribution < -0.4 is 20.2 Å². The van der Waals surface area contributed by atoms with E-state index in [2.05, 4.69) is 22.8 Å². The summed E-state index contributed by atoms with van der Waals surface area (Å²) in [5.74, 6) is 0.833. The molecule has 2 amide bonds. The van der Waals surface area contributed by atoms with Crippen LogP contribution in [0.4, 0.5) is 5.69 Å². The number of methoxy groups -OCH3 is 1. The highest BCUT2D eigenvalue weighted by Crippen LogP contribution is 2.27. The normalized spacial score (nSPS) is 10.8. The molecule has 0 aliphatic carbocycles. The van der Waals surface area contributed by atoms with E-state index in [1.807, 2.05) is 36.4 Å². The van der Waals surface area contributed by atoms with Crippen molar-refractivity contribution in [2.24, 2.45) is 5.10 Å². The molecule has 7 nitrogen and oxygen atoms in total. The molecule has 0 spiro atoms. The molecule has 172 valence electrons. The van der Waals surface area contributed by atoms with Crippen molar-refractivity contribution in [2.75, 3.05) is 19.0 Å². The molecular weight excluding hydrogens is 418 g/mol. The van der Waals surface area contributed by atoms with Crippen LogP contribution in [0.3, 0.4) is 0 Å². The van der Waals surface area contributed by atoms with Crippen molar-refractivity contribution in [1.82, 2.24) is 5.43 Å². The fourth-order valence-corrected chi connectivity index (χ4v) is 3.21. The molecule has 0 aliphatic rings. The highest BCUT2D eigenvalue weighted by Gasteiger charge is 2.09. The van der Waals surface area contributed by atoms with Crippen molar-refractivity contribution < 1.29 is 19.1 Å². The summed E-state index contributed by atoms with van der Waals surface area (Å²) >= 11 is 0. The molecule has 2 N–H and O–H groups in total. The first-order chi connectivity index (χ1) is 16.1. The van der Waals surface area contributed by atoms with Crippen molar-refractivity contribution in [3.63, 3.8) is 0 Å². The van der Waals surface area contributed by atoms with Gasteiger partial charge < -0.3 is 14.8 Å². The monoisotopic (exact) mass is 447 g/mol. The lowest BCUT2D eigenvalue weighted by Crippen LogP contribution is -2.20. The van der Waals surface area contributed by atoms with E-state index >= 15 is 0 Å². The molecule has 0 fully saturated rings. The number of hydrazone groups is 1. The van der Waals surface area contributed by atoms with Crippen LogP contribution in [0.25, 0.3) is 10.8 Å². The number of nitrogens with one attached hydrogen (secondary N) is 2. The predicted molar refractivity (Wildman–Crippen MR) is 131 cm³/mol.